The van der Waals surface area contributed by atoms with Crippen LogP contribution in [0.2, 0.25) is 0 Å². The van der Waals surface area contributed by atoms with Crippen molar-refractivity contribution in [2.24, 2.45) is 5.92 Å². The van der Waals surface area contributed by atoms with E-state index < -0.39 is 0 Å². The Morgan fingerprint density at radius 2 is 1.97 bits per heavy atom. The summed E-state index contributed by atoms with van der Waals surface area (Å²) in [5.41, 5.74) is 2.66. The summed E-state index contributed by atoms with van der Waals surface area (Å²) in [4.78, 5) is 18.4. The van der Waals surface area contributed by atoms with E-state index >= 15 is 0 Å². The highest BCUT2D eigenvalue weighted by Crippen LogP contribution is 2.34. The first-order chi connectivity index (χ1) is 17.0. The number of benzene rings is 1. The maximum atomic E-state index is 13.1. The molecule has 1 saturated carbocycles. The molecule has 1 atom stereocenters. The molecular formula is C27H34N6O2. The molecule has 35 heavy (non-hydrogen) atoms. The molecule has 0 bridgehead atoms. The number of tetrazole rings is 1. The summed E-state index contributed by atoms with van der Waals surface area (Å²) >= 11 is 0. The van der Waals surface area contributed by atoms with Crippen LogP contribution in [0, 0.1) is 12.8 Å². The lowest BCUT2D eigenvalue weighted by Crippen LogP contribution is -2.36. The number of aromatic amines is 1. The van der Waals surface area contributed by atoms with Crippen molar-refractivity contribution in [1.29, 1.82) is 0 Å². The van der Waals surface area contributed by atoms with Gasteiger partial charge in [0.15, 0.2) is 5.82 Å². The van der Waals surface area contributed by atoms with Crippen LogP contribution in [0.3, 0.4) is 0 Å². The summed E-state index contributed by atoms with van der Waals surface area (Å²) in [6, 6.07) is 12.2. The number of furan rings is 1. The van der Waals surface area contributed by atoms with E-state index in [-0.39, 0.29) is 17.5 Å². The molecule has 5 rings (SSSR count). The van der Waals surface area contributed by atoms with E-state index in [0.29, 0.717) is 19.1 Å². The first-order valence-electron chi connectivity index (χ1n) is 12.7. The van der Waals surface area contributed by atoms with Gasteiger partial charge in [-0.2, -0.15) is 0 Å². The molecular weight excluding hydrogens is 440 g/mol. The fourth-order valence-corrected chi connectivity index (χ4v) is 5.43. The minimum Gasteiger partial charge on any atom is -0.468 e. The molecule has 0 unspecified atom stereocenters. The second kappa shape index (κ2) is 10.2. The van der Waals surface area contributed by atoms with Crippen molar-refractivity contribution >= 4 is 10.9 Å². The summed E-state index contributed by atoms with van der Waals surface area (Å²) < 4.78 is 7.77. The highest BCUT2D eigenvalue weighted by atomic mass is 16.3. The third kappa shape index (κ3) is 5.07. The topological polar surface area (TPSA) is 92.8 Å². The highest BCUT2D eigenvalue weighted by Gasteiger charge is 2.32. The average molecular weight is 475 g/mol. The van der Waals surface area contributed by atoms with Crippen LogP contribution in [0.15, 0.2) is 51.9 Å². The van der Waals surface area contributed by atoms with Crippen molar-refractivity contribution < 1.29 is 4.42 Å². The van der Waals surface area contributed by atoms with Gasteiger partial charge >= 0.3 is 0 Å². The van der Waals surface area contributed by atoms with Crippen LogP contribution in [0.4, 0.5) is 0 Å². The summed E-state index contributed by atoms with van der Waals surface area (Å²) in [6.45, 7) is 7.45. The number of hydrogen-bond acceptors (Lipinski definition) is 6. The summed E-state index contributed by atoms with van der Waals surface area (Å²) in [7, 11) is 0. The monoisotopic (exact) mass is 474 g/mol. The van der Waals surface area contributed by atoms with E-state index in [9.17, 15) is 4.79 Å². The van der Waals surface area contributed by atoms with Crippen LogP contribution < -0.4 is 5.56 Å². The zero-order valence-corrected chi connectivity index (χ0v) is 20.8. The van der Waals surface area contributed by atoms with Crippen molar-refractivity contribution in [2.45, 2.75) is 78.0 Å². The first kappa shape index (κ1) is 23.5. The van der Waals surface area contributed by atoms with Gasteiger partial charge in [0.25, 0.3) is 5.56 Å². The lowest BCUT2D eigenvalue weighted by molar-refractivity contribution is 0.112. The quantitative estimate of drug-likeness (QED) is 0.371. The lowest BCUT2D eigenvalue weighted by Gasteiger charge is -2.34. The second-order valence-electron chi connectivity index (χ2n) is 10.2. The fraction of sp³-hybridized carbons (Fsp3) is 0.481. The first-order valence-corrected chi connectivity index (χ1v) is 12.7. The van der Waals surface area contributed by atoms with Crippen molar-refractivity contribution in [2.75, 3.05) is 0 Å². The van der Waals surface area contributed by atoms with Crippen LogP contribution in [0.1, 0.15) is 80.7 Å². The van der Waals surface area contributed by atoms with Gasteiger partial charge in [0.2, 0.25) is 0 Å². The molecule has 3 aromatic heterocycles. The fourth-order valence-electron chi connectivity index (χ4n) is 5.43. The molecule has 1 N–H and O–H groups in total. The van der Waals surface area contributed by atoms with E-state index in [1.54, 1.807) is 6.26 Å². The molecule has 3 heterocycles. The molecule has 8 nitrogen and oxygen atoms in total. The Balaban J connectivity index is 1.54. The normalized spacial score (nSPS) is 15.9. The standard InChI is InChI=1S/C27H34N6O2/c1-18(2)25(26-29-30-31-33(26)22-8-5-4-6-9-22)32(17-23-10-7-13-35-23)16-21-15-20-14-19(3)11-12-24(20)28-27(21)34/h7,10-15,18,22,25H,4-6,8-9,16-17H2,1-3H3,(H,28,34)/t25-/m0/s1. The Bertz CT molecular complexity index is 1320. The lowest BCUT2D eigenvalue weighted by atomic mass is 9.94. The Morgan fingerprint density at radius 1 is 1.14 bits per heavy atom. The third-order valence-corrected chi connectivity index (χ3v) is 7.12. The van der Waals surface area contributed by atoms with Gasteiger partial charge < -0.3 is 9.40 Å². The van der Waals surface area contributed by atoms with Crippen LogP contribution in [0.5, 0.6) is 0 Å². The second-order valence-corrected chi connectivity index (χ2v) is 10.2. The molecule has 184 valence electrons. The molecule has 8 heteroatoms. The molecule has 0 saturated heterocycles. The molecule has 0 aliphatic heterocycles. The largest absolute Gasteiger partial charge is 0.468 e. The van der Waals surface area contributed by atoms with Gasteiger partial charge in [0.1, 0.15) is 5.76 Å². The predicted molar refractivity (Wildman–Crippen MR) is 135 cm³/mol. The van der Waals surface area contributed by atoms with Crippen molar-refractivity contribution in [3.8, 4) is 0 Å². The van der Waals surface area contributed by atoms with Gasteiger partial charge in [0.05, 0.1) is 24.9 Å². The third-order valence-electron chi connectivity index (χ3n) is 7.12. The van der Waals surface area contributed by atoms with Crippen LogP contribution in [0.25, 0.3) is 10.9 Å². The Kier molecular flexibility index (Phi) is 6.81. The highest BCUT2D eigenvalue weighted by molar-refractivity contribution is 5.79. The molecule has 1 aliphatic carbocycles. The average Bonchev–Trinajstić information content (AvgIpc) is 3.53. The Morgan fingerprint density at radius 3 is 2.71 bits per heavy atom. The number of nitrogens with zero attached hydrogens (tertiary/aromatic N) is 5. The van der Waals surface area contributed by atoms with Gasteiger partial charge in [-0.05, 0) is 71.8 Å². The van der Waals surface area contributed by atoms with Gasteiger partial charge in [-0.25, -0.2) is 4.68 Å². The van der Waals surface area contributed by atoms with E-state index in [1.807, 2.05) is 35.0 Å². The number of aromatic nitrogens is 5. The maximum absolute atomic E-state index is 13.1. The number of nitrogens with one attached hydrogen (secondary N) is 1. The Labute approximate surface area is 205 Å². The number of hydrogen-bond donors (Lipinski definition) is 1. The number of pyridine rings is 1. The summed E-state index contributed by atoms with van der Waals surface area (Å²) in [5.74, 6) is 1.94. The summed E-state index contributed by atoms with van der Waals surface area (Å²) in [6.07, 6.45) is 7.58. The smallest absolute Gasteiger partial charge is 0.252 e. The molecule has 1 aliphatic rings. The van der Waals surface area contributed by atoms with Crippen LogP contribution >= 0.6 is 0 Å². The van der Waals surface area contributed by atoms with E-state index in [2.05, 4.69) is 52.2 Å². The Hall–Kier alpha value is -3.26. The molecule has 0 amide bonds. The van der Waals surface area contributed by atoms with Crippen molar-refractivity contribution in [3.05, 3.63) is 75.7 Å². The van der Waals surface area contributed by atoms with Gasteiger partial charge in [-0.15, -0.1) is 5.10 Å². The van der Waals surface area contributed by atoms with Crippen molar-refractivity contribution in [1.82, 2.24) is 30.1 Å². The van der Waals surface area contributed by atoms with Gasteiger partial charge in [0, 0.05) is 17.6 Å². The minimum absolute atomic E-state index is 0.0693. The number of rotatable bonds is 8. The van der Waals surface area contributed by atoms with E-state index in [0.717, 1.165) is 46.5 Å². The predicted octanol–water partition coefficient (Wildman–Crippen LogP) is 5.32. The SMILES string of the molecule is Cc1ccc2[nH]c(=O)c(CN(Cc3ccco3)[C@H](c3nnnn3C3CCCCC3)C(C)C)cc2c1. The molecule has 0 radical (unpaired) electrons. The summed E-state index contributed by atoms with van der Waals surface area (Å²) in [5, 5.41) is 14.1. The zero-order valence-electron chi connectivity index (χ0n) is 20.8. The van der Waals surface area contributed by atoms with Gasteiger partial charge in [-0.1, -0.05) is 44.7 Å². The van der Waals surface area contributed by atoms with Crippen LogP contribution in [-0.4, -0.2) is 30.1 Å². The number of H-pyrrole nitrogens is 1. The number of aryl methyl sites for hydroxylation is 1. The minimum atomic E-state index is -0.0790. The van der Waals surface area contributed by atoms with E-state index in [4.69, 9.17) is 4.42 Å². The molecule has 4 aromatic rings. The van der Waals surface area contributed by atoms with Crippen LogP contribution in [-0.2, 0) is 13.1 Å². The molecule has 0 spiro atoms. The molecule has 1 aromatic carbocycles. The number of fused-ring (bicyclic) bond motifs is 1. The maximum Gasteiger partial charge on any atom is 0.252 e. The van der Waals surface area contributed by atoms with Crippen molar-refractivity contribution in [3.63, 3.8) is 0 Å². The molecule has 1 fully saturated rings. The van der Waals surface area contributed by atoms with Gasteiger partial charge in [-0.3, -0.25) is 9.69 Å². The van der Waals surface area contributed by atoms with E-state index in [1.165, 1.54) is 19.3 Å². The zero-order chi connectivity index (χ0) is 24.4.